The molecule has 0 spiro atoms. The summed E-state index contributed by atoms with van der Waals surface area (Å²) >= 11 is 5.79. The molecule has 1 aliphatic rings. The monoisotopic (exact) mass is 201 g/mol. The van der Waals surface area contributed by atoms with Gasteiger partial charge in [0.25, 0.3) is 0 Å². The second-order valence-electron chi connectivity index (χ2n) is 3.12. The van der Waals surface area contributed by atoms with Crippen LogP contribution in [0.2, 0.25) is 5.02 Å². The van der Waals surface area contributed by atoms with Crippen LogP contribution in [-0.2, 0) is 0 Å². The standard InChI is InChI=1S/C9H9ClFNO/c1-5-4-13-9-7(10)2-6(11)3-8(9)12-5/h2-3,5,12H,4H2,1H3. The van der Waals surface area contributed by atoms with E-state index in [0.29, 0.717) is 23.1 Å². The Bertz CT molecular complexity index is 343. The molecular formula is C9H9ClFNO. The zero-order valence-corrected chi connectivity index (χ0v) is 7.86. The highest BCUT2D eigenvalue weighted by atomic mass is 35.5. The molecule has 13 heavy (non-hydrogen) atoms. The molecule has 1 aromatic rings. The van der Waals surface area contributed by atoms with Crippen molar-refractivity contribution >= 4 is 17.3 Å². The summed E-state index contributed by atoms with van der Waals surface area (Å²) in [7, 11) is 0. The molecular weight excluding hydrogens is 193 g/mol. The minimum Gasteiger partial charge on any atom is -0.488 e. The third-order valence-electron chi connectivity index (χ3n) is 1.89. The SMILES string of the molecule is CC1COc2c(Cl)cc(F)cc2N1. The van der Waals surface area contributed by atoms with Crippen LogP contribution >= 0.6 is 11.6 Å². The van der Waals surface area contributed by atoms with Crippen molar-refractivity contribution in [3.8, 4) is 5.75 Å². The van der Waals surface area contributed by atoms with Crippen LogP contribution in [0, 0.1) is 5.82 Å². The van der Waals surface area contributed by atoms with E-state index in [0.717, 1.165) is 0 Å². The Hall–Kier alpha value is -0.960. The minimum absolute atomic E-state index is 0.186. The predicted molar refractivity (Wildman–Crippen MR) is 50.0 cm³/mol. The van der Waals surface area contributed by atoms with Gasteiger partial charge in [-0.15, -0.1) is 0 Å². The van der Waals surface area contributed by atoms with Gasteiger partial charge in [-0.25, -0.2) is 4.39 Å². The molecule has 1 N–H and O–H groups in total. The Morgan fingerprint density at radius 3 is 3.15 bits per heavy atom. The second kappa shape index (κ2) is 3.07. The third kappa shape index (κ3) is 1.56. The van der Waals surface area contributed by atoms with Crippen molar-refractivity contribution in [3.63, 3.8) is 0 Å². The summed E-state index contributed by atoms with van der Waals surface area (Å²) in [5, 5.41) is 3.41. The molecule has 0 saturated heterocycles. The molecule has 0 saturated carbocycles. The van der Waals surface area contributed by atoms with E-state index in [1.54, 1.807) is 0 Å². The van der Waals surface area contributed by atoms with Gasteiger partial charge in [-0.2, -0.15) is 0 Å². The molecule has 0 fully saturated rings. The summed E-state index contributed by atoms with van der Waals surface area (Å²) in [6.45, 7) is 2.51. The summed E-state index contributed by atoms with van der Waals surface area (Å²) in [6.07, 6.45) is 0. The van der Waals surface area contributed by atoms with Crippen molar-refractivity contribution < 1.29 is 9.13 Å². The molecule has 4 heteroatoms. The van der Waals surface area contributed by atoms with Gasteiger partial charge in [0.2, 0.25) is 0 Å². The maximum atomic E-state index is 12.9. The number of fused-ring (bicyclic) bond motifs is 1. The van der Waals surface area contributed by atoms with E-state index in [1.165, 1.54) is 12.1 Å². The number of rotatable bonds is 0. The Morgan fingerprint density at radius 1 is 1.62 bits per heavy atom. The Labute approximate surface area is 80.7 Å². The molecule has 0 amide bonds. The molecule has 1 atom stereocenters. The van der Waals surface area contributed by atoms with Crippen molar-refractivity contribution in [1.82, 2.24) is 0 Å². The highest BCUT2D eigenvalue weighted by molar-refractivity contribution is 6.32. The third-order valence-corrected chi connectivity index (χ3v) is 2.17. The van der Waals surface area contributed by atoms with E-state index in [-0.39, 0.29) is 11.9 Å². The Balaban J connectivity index is 2.47. The number of benzene rings is 1. The predicted octanol–water partition coefficient (Wildman–Crippen LogP) is 2.67. The molecule has 0 bridgehead atoms. The maximum Gasteiger partial charge on any atom is 0.161 e. The molecule has 1 aliphatic heterocycles. The Kier molecular flexibility index (Phi) is 2.04. The first-order valence-corrected chi connectivity index (χ1v) is 4.43. The molecule has 0 radical (unpaired) electrons. The smallest absolute Gasteiger partial charge is 0.161 e. The van der Waals surface area contributed by atoms with E-state index in [9.17, 15) is 4.39 Å². The highest BCUT2D eigenvalue weighted by Crippen LogP contribution is 2.36. The first kappa shape index (κ1) is 8.63. The van der Waals surface area contributed by atoms with Gasteiger partial charge in [-0.3, -0.25) is 0 Å². The topological polar surface area (TPSA) is 21.3 Å². The van der Waals surface area contributed by atoms with Crippen molar-refractivity contribution in [3.05, 3.63) is 23.0 Å². The van der Waals surface area contributed by atoms with E-state index in [1.807, 2.05) is 6.92 Å². The van der Waals surface area contributed by atoms with Gasteiger partial charge in [-0.05, 0) is 13.0 Å². The summed E-state index contributed by atoms with van der Waals surface area (Å²) in [6, 6.07) is 2.82. The van der Waals surface area contributed by atoms with Gasteiger partial charge in [0.05, 0.1) is 16.8 Å². The maximum absolute atomic E-state index is 12.9. The summed E-state index contributed by atoms with van der Waals surface area (Å²) < 4.78 is 18.3. The fourth-order valence-corrected chi connectivity index (χ4v) is 1.59. The quantitative estimate of drug-likeness (QED) is 0.697. The molecule has 70 valence electrons. The first-order chi connectivity index (χ1) is 6.16. The van der Waals surface area contributed by atoms with Gasteiger partial charge in [0, 0.05) is 6.07 Å². The lowest BCUT2D eigenvalue weighted by Crippen LogP contribution is -2.28. The van der Waals surface area contributed by atoms with Gasteiger partial charge in [0.15, 0.2) is 5.75 Å². The summed E-state index contributed by atoms with van der Waals surface area (Å²) in [5.41, 5.74) is 0.628. The van der Waals surface area contributed by atoms with E-state index < -0.39 is 0 Å². The average molecular weight is 202 g/mol. The van der Waals surface area contributed by atoms with E-state index >= 15 is 0 Å². The normalized spacial score (nSPS) is 20.1. The van der Waals surface area contributed by atoms with E-state index in [4.69, 9.17) is 16.3 Å². The number of hydrogen-bond acceptors (Lipinski definition) is 2. The molecule has 1 aromatic carbocycles. The van der Waals surface area contributed by atoms with Crippen LogP contribution in [-0.4, -0.2) is 12.6 Å². The molecule has 2 rings (SSSR count). The molecule has 1 heterocycles. The van der Waals surface area contributed by atoms with Gasteiger partial charge >= 0.3 is 0 Å². The first-order valence-electron chi connectivity index (χ1n) is 4.05. The lowest BCUT2D eigenvalue weighted by atomic mass is 10.2. The van der Waals surface area contributed by atoms with Gasteiger partial charge < -0.3 is 10.1 Å². The van der Waals surface area contributed by atoms with Gasteiger partial charge in [0.1, 0.15) is 12.4 Å². The van der Waals surface area contributed by atoms with Crippen LogP contribution in [0.1, 0.15) is 6.92 Å². The number of halogens is 2. The average Bonchev–Trinajstić information content (AvgIpc) is 2.02. The minimum atomic E-state index is -0.353. The zero-order chi connectivity index (χ0) is 9.42. The van der Waals surface area contributed by atoms with Crippen molar-refractivity contribution in [2.75, 3.05) is 11.9 Å². The fraction of sp³-hybridized carbons (Fsp3) is 0.333. The second-order valence-corrected chi connectivity index (χ2v) is 3.53. The molecule has 0 aromatic heterocycles. The van der Waals surface area contributed by atoms with Crippen LogP contribution in [0.15, 0.2) is 12.1 Å². The van der Waals surface area contributed by atoms with Gasteiger partial charge in [-0.1, -0.05) is 11.6 Å². The van der Waals surface area contributed by atoms with Crippen molar-refractivity contribution in [2.24, 2.45) is 0 Å². The molecule has 0 aliphatic carbocycles. The zero-order valence-electron chi connectivity index (χ0n) is 7.10. The largest absolute Gasteiger partial charge is 0.488 e. The lowest BCUT2D eigenvalue weighted by molar-refractivity contribution is 0.291. The Morgan fingerprint density at radius 2 is 2.38 bits per heavy atom. The number of hydrogen-bond donors (Lipinski definition) is 1. The summed E-state index contributed by atoms with van der Waals surface area (Å²) in [5.74, 6) is 0.190. The van der Waals surface area contributed by atoms with Crippen LogP contribution in [0.5, 0.6) is 5.75 Å². The number of nitrogens with one attached hydrogen (secondary N) is 1. The van der Waals surface area contributed by atoms with Crippen LogP contribution in [0.4, 0.5) is 10.1 Å². The summed E-state index contributed by atoms with van der Waals surface area (Å²) in [4.78, 5) is 0. The van der Waals surface area contributed by atoms with Crippen LogP contribution in [0.25, 0.3) is 0 Å². The fourth-order valence-electron chi connectivity index (χ4n) is 1.33. The van der Waals surface area contributed by atoms with E-state index in [2.05, 4.69) is 5.32 Å². The molecule has 2 nitrogen and oxygen atoms in total. The van der Waals surface area contributed by atoms with Crippen molar-refractivity contribution in [2.45, 2.75) is 13.0 Å². The van der Waals surface area contributed by atoms with Crippen LogP contribution < -0.4 is 10.1 Å². The number of ether oxygens (including phenoxy) is 1. The lowest BCUT2D eigenvalue weighted by Gasteiger charge is -2.25. The molecule has 1 unspecified atom stereocenters. The van der Waals surface area contributed by atoms with Crippen LogP contribution in [0.3, 0.4) is 0 Å². The van der Waals surface area contributed by atoms with Crippen molar-refractivity contribution in [1.29, 1.82) is 0 Å². The number of anilines is 1. The highest BCUT2D eigenvalue weighted by Gasteiger charge is 2.18.